The van der Waals surface area contributed by atoms with Crippen molar-refractivity contribution >= 4 is 15.8 Å². The highest BCUT2D eigenvalue weighted by Crippen LogP contribution is 2.58. The summed E-state index contributed by atoms with van der Waals surface area (Å²) < 4.78 is 28.6. The average molecular weight is 465 g/mol. The normalized spacial score (nSPS) is 14.4. The van der Waals surface area contributed by atoms with E-state index >= 15 is 0 Å². The number of para-hydroxylation sites is 3. The molecule has 0 spiro atoms. The van der Waals surface area contributed by atoms with E-state index in [0.717, 1.165) is 12.8 Å². The van der Waals surface area contributed by atoms with Crippen LogP contribution in [0.5, 0.6) is 17.2 Å². The summed E-state index contributed by atoms with van der Waals surface area (Å²) in [5.74, 6) is 2.23. The molecule has 1 aliphatic carbocycles. The third-order valence-electron chi connectivity index (χ3n) is 4.21. The van der Waals surface area contributed by atoms with E-state index in [1.165, 1.54) is 0 Å². The van der Waals surface area contributed by atoms with E-state index < -0.39 is 15.8 Å². The molecule has 1 aliphatic rings. The zero-order chi connectivity index (χ0) is 22.1. The van der Waals surface area contributed by atoms with Gasteiger partial charge in [-0.25, -0.2) is 14.2 Å². The molecule has 162 valence electrons. The van der Waals surface area contributed by atoms with Crippen molar-refractivity contribution in [3.05, 3.63) is 115 Å². The van der Waals surface area contributed by atoms with Crippen LogP contribution in [0.1, 0.15) is 12.8 Å². The fraction of sp³-hybridized carbons (Fsp3) is 0.0833. The fourth-order valence-corrected chi connectivity index (χ4v) is 5.63. The predicted molar refractivity (Wildman–Crippen MR) is 128 cm³/mol. The molecule has 1 atom stereocenters. The molecule has 0 heterocycles. The van der Waals surface area contributed by atoms with Crippen LogP contribution in [0.2, 0.25) is 0 Å². The van der Waals surface area contributed by atoms with Gasteiger partial charge in [-0.3, -0.25) is 0 Å². The van der Waals surface area contributed by atoms with E-state index in [9.17, 15) is 0 Å². The Bertz CT molecular complexity index is 1110. The van der Waals surface area contributed by atoms with Crippen molar-refractivity contribution in [3.63, 3.8) is 0 Å². The molecule has 4 rings (SSSR count). The van der Waals surface area contributed by atoms with Gasteiger partial charge in [0.25, 0.3) is 0 Å². The molecule has 0 fully saturated rings. The Morgan fingerprint density at radius 3 is 1.72 bits per heavy atom. The molecule has 6 nitrogen and oxygen atoms in total. The van der Waals surface area contributed by atoms with Crippen molar-refractivity contribution in [2.75, 3.05) is 0 Å². The SMILES string of the molecule is N=P(N=[P+](Oc1ccccc1)Oc1ccccc1)(OC1=CCCC=C1)Oc1ccccc1. The number of nitrogens with zero attached hydrogens (tertiary/aromatic N) is 1. The van der Waals surface area contributed by atoms with Crippen molar-refractivity contribution < 1.29 is 18.1 Å². The molecule has 32 heavy (non-hydrogen) atoms. The Hall–Kier alpha value is -3.33. The molecule has 0 aliphatic heterocycles. The maximum atomic E-state index is 9.04. The molecule has 3 aromatic carbocycles. The Morgan fingerprint density at radius 2 is 1.22 bits per heavy atom. The summed E-state index contributed by atoms with van der Waals surface area (Å²) in [4.78, 5) is 0. The molecular formula is C24H23N2O4P2+. The fourth-order valence-electron chi connectivity index (χ4n) is 2.77. The molecule has 0 radical (unpaired) electrons. The first-order chi connectivity index (χ1) is 15.7. The Balaban J connectivity index is 1.69. The van der Waals surface area contributed by atoms with Crippen LogP contribution in [0.3, 0.4) is 0 Å². The molecule has 3 aromatic rings. The maximum Gasteiger partial charge on any atom is 0.679 e. The molecule has 0 saturated heterocycles. The molecular weight excluding hydrogens is 442 g/mol. The highest BCUT2D eigenvalue weighted by Gasteiger charge is 2.35. The molecule has 0 saturated carbocycles. The second-order valence-electron chi connectivity index (χ2n) is 6.74. The van der Waals surface area contributed by atoms with Crippen molar-refractivity contribution in [1.29, 1.82) is 5.16 Å². The van der Waals surface area contributed by atoms with Gasteiger partial charge in [-0.15, -0.1) is 0 Å². The van der Waals surface area contributed by atoms with Crippen molar-refractivity contribution in [2.45, 2.75) is 12.8 Å². The van der Waals surface area contributed by atoms with Crippen LogP contribution in [0, 0.1) is 5.16 Å². The number of allylic oxidation sites excluding steroid dienone is 3. The number of nitrogens with one attached hydrogen (secondary N) is 1. The Labute approximate surface area is 188 Å². The monoisotopic (exact) mass is 465 g/mol. The number of benzene rings is 3. The van der Waals surface area contributed by atoms with E-state index in [1.807, 2.05) is 97.1 Å². The molecule has 0 bridgehead atoms. The van der Waals surface area contributed by atoms with Crippen LogP contribution in [-0.2, 0) is 4.52 Å². The summed E-state index contributed by atoms with van der Waals surface area (Å²) in [6.45, 7) is 0. The van der Waals surface area contributed by atoms with Crippen LogP contribution < -0.4 is 13.6 Å². The summed E-state index contributed by atoms with van der Waals surface area (Å²) >= 11 is 0. The lowest BCUT2D eigenvalue weighted by atomic mass is 10.2. The summed E-state index contributed by atoms with van der Waals surface area (Å²) in [5, 5.41) is 9.04. The first-order valence-corrected chi connectivity index (χ1v) is 12.8. The Morgan fingerprint density at radius 1 is 0.688 bits per heavy atom. The van der Waals surface area contributed by atoms with Crippen molar-refractivity contribution in [2.24, 2.45) is 4.52 Å². The van der Waals surface area contributed by atoms with E-state index in [0.29, 0.717) is 23.0 Å². The second-order valence-corrected chi connectivity index (χ2v) is 9.70. The standard InChI is InChI=1S/C24H23N2O4P2/c25-32(29-23-17-9-3-10-18-23,30-24-19-11-4-12-20-24)26-31(27-21-13-5-1-6-14-21)28-22-15-7-2-8-16-22/h1-3,5-11,13-20,25H,4,12H2/q+1. The second kappa shape index (κ2) is 10.8. The molecule has 1 unspecified atom stereocenters. The quantitative estimate of drug-likeness (QED) is 0.322. The van der Waals surface area contributed by atoms with E-state index in [-0.39, 0.29) is 0 Å². The van der Waals surface area contributed by atoms with Gasteiger partial charge in [0, 0.05) is 0 Å². The third-order valence-corrected chi connectivity index (χ3v) is 7.38. The number of rotatable bonds is 9. The minimum absolute atomic E-state index is 0.495. The van der Waals surface area contributed by atoms with Gasteiger partial charge in [0.2, 0.25) is 0 Å². The van der Waals surface area contributed by atoms with Gasteiger partial charge in [-0.05, 0) is 61.4 Å². The molecule has 0 aromatic heterocycles. The molecule has 8 heteroatoms. The van der Waals surface area contributed by atoms with Crippen molar-refractivity contribution in [1.82, 2.24) is 0 Å². The number of hydrogen-bond acceptors (Lipinski definition) is 5. The number of hydrogen-bond donors (Lipinski definition) is 1. The van der Waals surface area contributed by atoms with Gasteiger partial charge in [0.15, 0.2) is 11.5 Å². The van der Waals surface area contributed by atoms with Gasteiger partial charge in [0.05, 0.1) is 4.52 Å². The first kappa shape index (κ1) is 21.9. The summed E-state index contributed by atoms with van der Waals surface area (Å²) in [6, 6.07) is 27.6. The lowest BCUT2D eigenvalue weighted by Gasteiger charge is -2.18. The topological polar surface area (TPSA) is 73.1 Å². The van der Waals surface area contributed by atoms with Crippen LogP contribution in [-0.4, -0.2) is 0 Å². The lowest BCUT2D eigenvalue weighted by molar-refractivity contribution is 0.398. The highest BCUT2D eigenvalue weighted by atomic mass is 31.2. The van der Waals surface area contributed by atoms with Gasteiger partial charge in [-0.2, -0.15) is 0 Å². The van der Waals surface area contributed by atoms with Crippen LogP contribution >= 0.6 is 15.8 Å². The zero-order valence-corrected chi connectivity index (χ0v) is 19.1. The largest absolute Gasteiger partial charge is 0.679 e. The van der Waals surface area contributed by atoms with Gasteiger partial charge >= 0.3 is 15.8 Å². The first-order valence-electron chi connectivity index (χ1n) is 10.1. The van der Waals surface area contributed by atoms with Crippen LogP contribution in [0.15, 0.2) is 119 Å². The molecule has 0 amide bonds. The van der Waals surface area contributed by atoms with Crippen LogP contribution in [0.25, 0.3) is 0 Å². The minimum atomic E-state index is -3.56. The average Bonchev–Trinajstić information content (AvgIpc) is 2.81. The van der Waals surface area contributed by atoms with Gasteiger partial charge in [-0.1, -0.05) is 60.7 Å². The smallest absolute Gasteiger partial charge is 0.412 e. The summed E-state index contributed by atoms with van der Waals surface area (Å²) in [6.07, 6.45) is 7.56. The zero-order valence-electron chi connectivity index (χ0n) is 17.3. The highest BCUT2D eigenvalue weighted by molar-refractivity contribution is 7.60. The summed E-state index contributed by atoms with van der Waals surface area (Å²) in [5.41, 5.74) is 0. The van der Waals surface area contributed by atoms with Crippen LogP contribution in [0.4, 0.5) is 0 Å². The van der Waals surface area contributed by atoms with E-state index in [1.54, 1.807) is 12.1 Å². The van der Waals surface area contributed by atoms with Gasteiger partial charge < -0.3 is 9.05 Å². The minimum Gasteiger partial charge on any atom is -0.412 e. The van der Waals surface area contributed by atoms with Crippen molar-refractivity contribution in [3.8, 4) is 17.2 Å². The summed E-state index contributed by atoms with van der Waals surface area (Å²) in [7, 11) is -5.49. The predicted octanol–water partition coefficient (Wildman–Crippen LogP) is 8.49. The maximum absolute atomic E-state index is 9.04. The third kappa shape index (κ3) is 6.58. The van der Waals surface area contributed by atoms with E-state index in [4.69, 9.17) is 23.3 Å². The van der Waals surface area contributed by atoms with E-state index in [2.05, 4.69) is 4.52 Å². The van der Waals surface area contributed by atoms with Gasteiger partial charge in [0.1, 0.15) is 11.5 Å². The molecule has 1 N–H and O–H groups in total. The lowest BCUT2D eigenvalue weighted by Crippen LogP contribution is -1.98. The Kier molecular flexibility index (Phi) is 7.39.